The van der Waals surface area contributed by atoms with Gasteiger partial charge in [-0.25, -0.2) is 0 Å². The van der Waals surface area contributed by atoms with Crippen LogP contribution in [0.4, 0.5) is 13.2 Å². The Morgan fingerprint density at radius 3 is 2.61 bits per heavy atom. The number of benzene rings is 2. The van der Waals surface area contributed by atoms with Crippen molar-refractivity contribution in [3.63, 3.8) is 0 Å². The summed E-state index contributed by atoms with van der Waals surface area (Å²) in [5.74, 6) is 0.501. The summed E-state index contributed by atoms with van der Waals surface area (Å²) in [7, 11) is 0. The zero-order chi connectivity index (χ0) is 20.1. The summed E-state index contributed by atoms with van der Waals surface area (Å²) in [6.45, 7) is -0.116. The molecule has 7 nitrogen and oxygen atoms in total. The second-order valence-electron chi connectivity index (χ2n) is 5.85. The van der Waals surface area contributed by atoms with E-state index < -0.39 is 17.8 Å². The van der Waals surface area contributed by atoms with Gasteiger partial charge in [-0.15, -0.1) is 10.2 Å². The molecular formula is C18H14F3N5O2. The second-order valence-corrected chi connectivity index (χ2v) is 5.85. The van der Waals surface area contributed by atoms with Crippen molar-refractivity contribution in [2.45, 2.75) is 18.8 Å². The van der Waals surface area contributed by atoms with Crippen LogP contribution in [0.1, 0.15) is 11.1 Å². The molecule has 1 N–H and O–H groups in total. The lowest BCUT2D eigenvalue weighted by atomic mass is 10.1. The molecule has 144 valence electrons. The molecule has 0 aliphatic rings. The summed E-state index contributed by atoms with van der Waals surface area (Å²) in [6.07, 6.45) is -5.44. The van der Waals surface area contributed by atoms with E-state index >= 15 is 0 Å². The number of ether oxygens (including phenoxy) is 1. The van der Waals surface area contributed by atoms with Gasteiger partial charge in [0.1, 0.15) is 18.5 Å². The van der Waals surface area contributed by atoms with Crippen molar-refractivity contribution in [1.29, 1.82) is 5.26 Å². The lowest BCUT2D eigenvalue weighted by Crippen LogP contribution is -2.25. The van der Waals surface area contributed by atoms with E-state index in [1.807, 2.05) is 6.07 Å². The Kier molecular flexibility index (Phi) is 5.56. The fourth-order valence-electron chi connectivity index (χ4n) is 2.33. The number of hydrogen-bond acceptors (Lipinski definition) is 6. The number of aliphatic hydroxyl groups excluding tert-OH is 1. The predicted octanol–water partition coefficient (Wildman–Crippen LogP) is 2.67. The second kappa shape index (κ2) is 8.06. The van der Waals surface area contributed by atoms with E-state index in [4.69, 9.17) is 10.00 Å². The van der Waals surface area contributed by atoms with Crippen LogP contribution in [-0.4, -0.2) is 38.0 Å². The normalized spacial score (nSPS) is 12.4. The summed E-state index contributed by atoms with van der Waals surface area (Å²) in [5, 5.41) is 30.3. The molecule has 0 amide bonds. The molecule has 28 heavy (non-hydrogen) atoms. The molecule has 0 aliphatic carbocycles. The molecular weight excluding hydrogens is 375 g/mol. The van der Waals surface area contributed by atoms with Gasteiger partial charge < -0.3 is 9.84 Å². The quantitative estimate of drug-likeness (QED) is 0.696. The Hall–Kier alpha value is -3.45. The number of halogens is 3. The van der Waals surface area contributed by atoms with Crippen molar-refractivity contribution >= 4 is 0 Å². The Labute approximate surface area is 157 Å². The van der Waals surface area contributed by atoms with Gasteiger partial charge in [-0.3, -0.25) is 0 Å². The number of aliphatic hydroxyl groups is 1. The summed E-state index contributed by atoms with van der Waals surface area (Å²) < 4.78 is 43.8. The minimum absolute atomic E-state index is 0.0197. The highest BCUT2D eigenvalue weighted by Crippen LogP contribution is 2.31. The van der Waals surface area contributed by atoms with Crippen molar-refractivity contribution in [2.75, 3.05) is 6.61 Å². The van der Waals surface area contributed by atoms with Crippen LogP contribution in [0.15, 0.2) is 48.5 Å². The Morgan fingerprint density at radius 1 is 1.18 bits per heavy atom. The van der Waals surface area contributed by atoms with Gasteiger partial charge in [-0.1, -0.05) is 12.1 Å². The topological polar surface area (TPSA) is 96.8 Å². The SMILES string of the molecule is N#Cc1ccc(OCC(O)Cn2nnc(-c3cccc(C(F)(F)F)c3)n2)cc1. The van der Waals surface area contributed by atoms with Crippen molar-refractivity contribution in [2.24, 2.45) is 0 Å². The van der Waals surface area contributed by atoms with Crippen molar-refractivity contribution in [3.8, 4) is 23.2 Å². The van der Waals surface area contributed by atoms with E-state index in [-0.39, 0.29) is 24.5 Å². The molecule has 1 atom stereocenters. The third-order valence-electron chi connectivity index (χ3n) is 3.70. The molecule has 1 aromatic heterocycles. The molecule has 0 saturated carbocycles. The smallest absolute Gasteiger partial charge is 0.416 e. The molecule has 0 fully saturated rings. The molecule has 3 rings (SSSR count). The lowest BCUT2D eigenvalue weighted by Gasteiger charge is -2.11. The molecule has 0 spiro atoms. The van der Waals surface area contributed by atoms with Gasteiger partial charge >= 0.3 is 6.18 Å². The first-order valence-corrected chi connectivity index (χ1v) is 8.11. The zero-order valence-electron chi connectivity index (χ0n) is 14.3. The van der Waals surface area contributed by atoms with Gasteiger partial charge in [0.25, 0.3) is 0 Å². The van der Waals surface area contributed by atoms with E-state index in [0.29, 0.717) is 11.3 Å². The molecule has 3 aromatic rings. The first kappa shape index (κ1) is 19.3. The van der Waals surface area contributed by atoms with Crippen LogP contribution >= 0.6 is 0 Å². The maximum Gasteiger partial charge on any atom is 0.416 e. The first-order chi connectivity index (χ1) is 13.3. The van der Waals surface area contributed by atoms with Crippen molar-refractivity contribution < 1.29 is 23.0 Å². The number of nitrogens with zero attached hydrogens (tertiary/aromatic N) is 5. The van der Waals surface area contributed by atoms with Crippen LogP contribution in [0.3, 0.4) is 0 Å². The van der Waals surface area contributed by atoms with E-state index in [2.05, 4.69) is 15.4 Å². The third-order valence-corrected chi connectivity index (χ3v) is 3.70. The molecule has 1 unspecified atom stereocenters. The van der Waals surface area contributed by atoms with Crippen LogP contribution in [0.25, 0.3) is 11.4 Å². The lowest BCUT2D eigenvalue weighted by molar-refractivity contribution is -0.137. The number of alkyl halides is 3. The maximum atomic E-state index is 12.8. The van der Waals surface area contributed by atoms with Gasteiger partial charge in [0.05, 0.1) is 23.7 Å². The molecule has 0 radical (unpaired) electrons. The van der Waals surface area contributed by atoms with Gasteiger partial charge in [0.15, 0.2) is 0 Å². The standard InChI is InChI=1S/C18H14F3N5O2/c19-18(20,21)14-3-1-2-13(8-14)17-23-25-26(24-17)10-15(27)11-28-16-6-4-12(9-22)5-7-16/h1-8,15,27H,10-11H2. The Bertz CT molecular complexity index is 980. The fourth-order valence-corrected chi connectivity index (χ4v) is 2.33. The molecule has 1 heterocycles. The highest BCUT2D eigenvalue weighted by molar-refractivity contribution is 5.55. The average Bonchev–Trinajstić information content (AvgIpc) is 3.14. The van der Waals surface area contributed by atoms with E-state index in [9.17, 15) is 18.3 Å². The Balaban J connectivity index is 1.60. The monoisotopic (exact) mass is 389 g/mol. The van der Waals surface area contributed by atoms with E-state index in [1.54, 1.807) is 24.3 Å². The zero-order valence-corrected chi connectivity index (χ0v) is 14.3. The van der Waals surface area contributed by atoms with Gasteiger partial charge in [0.2, 0.25) is 5.82 Å². The first-order valence-electron chi connectivity index (χ1n) is 8.11. The summed E-state index contributed by atoms with van der Waals surface area (Å²) in [5.41, 5.74) is -0.150. The molecule has 0 saturated heterocycles. The van der Waals surface area contributed by atoms with Crippen LogP contribution < -0.4 is 4.74 Å². The minimum Gasteiger partial charge on any atom is -0.491 e. The highest BCUT2D eigenvalue weighted by atomic mass is 19.4. The van der Waals surface area contributed by atoms with Crippen molar-refractivity contribution in [1.82, 2.24) is 20.2 Å². The largest absolute Gasteiger partial charge is 0.491 e. The van der Waals surface area contributed by atoms with Gasteiger partial charge in [-0.2, -0.15) is 23.2 Å². The number of tetrazole rings is 1. The predicted molar refractivity (Wildman–Crippen MR) is 90.9 cm³/mol. The number of aromatic nitrogens is 4. The van der Waals surface area contributed by atoms with Crippen LogP contribution in [0.5, 0.6) is 5.75 Å². The highest BCUT2D eigenvalue weighted by Gasteiger charge is 2.30. The summed E-state index contributed by atoms with van der Waals surface area (Å²) >= 11 is 0. The van der Waals surface area contributed by atoms with Crippen LogP contribution in [0, 0.1) is 11.3 Å². The molecule has 10 heteroatoms. The van der Waals surface area contributed by atoms with E-state index in [1.165, 1.54) is 12.1 Å². The van der Waals surface area contributed by atoms with Crippen LogP contribution in [-0.2, 0) is 12.7 Å². The van der Waals surface area contributed by atoms with Crippen molar-refractivity contribution in [3.05, 3.63) is 59.7 Å². The molecule has 2 aromatic carbocycles. The minimum atomic E-state index is -4.47. The summed E-state index contributed by atoms with van der Waals surface area (Å²) in [4.78, 5) is 1.09. The Morgan fingerprint density at radius 2 is 1.93 bits per heavy atom. The molecule has 0 bridgehead atoms. The number of rotatable bonds is 6. The maximum absolute atomic E-state index is 12.8. The number of nitriles is 1. The van der Waals surface area contributed by atoms with Crippen LogP contribution in [0.2, 0.25) is 0 Å². The number of hydrogen-bond donors (Lipinski definition) is 1. The molecule has 0 aliphatic heterocycles. The third kappa shape index (κ3) is 4.83. The van der Waals surface area contributed by atoms with Gasteiger partial charge in [0, 0.05) is 5.56 Å². The summed E-state index contributed by atoms with van der Waals surface area (Å²) in [6, 6.07) is 13.0. The van der Waals surface area contributed by atoms with Gasteiger partial charge in [-0.05, 0) is 41.6 Å². The average molecular weight is 389 g/mol. The van der Waals surface area contributed by atoms with E-state index in [0.717, 1.165) is 16.9 Å². The fraction of sp³-hybridized carbons (Fsp3) is 0.222.